The maximum atomic E-state index is 12.3. The highest BCUT2D eigenvalue weighted by atomic mass is 16.6. The number of benzene rings is 3. The first-order valence-electron chi connectivity index (χ1n) is 47.3. The average Bonchev–Trinajstić information content (AvgIpc) is 1.63. The number of hydrogen-bond acceptors (Lipinski definition) is 21. The van der Waals surface area contributed by atoms with E-state index in [1.165, 1.54) is 134 Å². The zero-order valence-electron chi connectivity index (χ0n) is 78.0. The number of aromatic nitrogens is 13. The molecule has 13 aromatic heterocycles. The molecule has 0 amide bonds. The number of hydrogen-bond donors (Lipinski definition) is 2. The fourth-order valence-electron chi connectivity index (χ4n) is 20.4. The van der Waals surface area contributed by atoms with Crippen molar-refractivity contribution in [2.45, 2.75) is 237 Å². The lowest BCUT2D eigenvalue weighted by Crippen LogP contribution is -2.29. The number of fused-ring (bicyclic) bond motifs is 4. The standard InChI is InChI=1S/C29H33N3O3.C28H31N3O3.C25H28BN3O3.C24H25N5O3/c1-18(2)34-29(33)23-12-10-22(11-13-23)25-17-32(16-21-8-6-5-7-9-21)26-14-24(15-30-28(25)26)27-19(3)31-35-20(27)4;1-4-33-28(32)22-12-10-21(11-13-22)24-17-31(16-20-8-6-5-7-9-20)25-14-23(15-29-27(24)25)26-18(2)30-34-19(26)3;1-16-24(17(2)32-28-16)20-12-23-25(27-13-20)22(19-8-10-21(11-9-19)26(30)31)15-29(23)14-18-6-4-3-5-7-18;1-15-23(16(2)32-27-15)19-10-21-24(26-12-19)20(18-8-9-22(25-11-18)29(30)31)14-28(21)13-17-6-4-3-5-7-17/h10-15,17-18,21H,5-9,16H2,1-4H3;10-15,17,20H,4-9,16H2,1-3H3;8-13,15,18,30-31H,3-7,14H2,1-2H3;8-12,14,17H,3-7,13H2,1-2H3. The second kappa shape index (κ2) is 40.8. The van der Waals surface area contributed by atoms with E-state index in [0.29, 0.717) is 46.9 Å². The number of nitro groups is 1. The van der Waals surface area contributed by atoms with E-state index < -0.39 is 12.0 Å². The number of esters is 2. The molecule has 4 saturated carbocycles. The normalized spacial score (nSPS) is 14.7. The number of rotatable bonds is 22. The van der Waals surface area contributed by atoms with E-state index >= 15 is 0 Å². The third-order valence-electron chi connectivity index (χ3n) is 27.1. The molecule has 4 aliphatic carbocycles. The van der Waals surface area contributed by atoms with Gasteiger partial charge in [0.2, 0.25) is 0 Å². The Morgan fingerprint density at radius 2 is 0.677 bits per heavy atom. The summed E-state index contributed by atoms with van der Waals surface area (Å²) < 4.78 is 41.5. The first-order valence-corrected chi connectivity index (χ1v) is 47.3. The smallest absolute Gasteiger partial charge is 0.462 e. The van der Waals surface area contributed by atoms with E-state index in [2.05, 4.69) is 92.9 Å². The first kappa shape index (κ1) is 91.6. The van der Waals surface area contributed by atoms with Gasteiger partial charge in [-0.15, -0.1) is 0 Å². The Morgan fingerprint density at radius 3 is 0.932 bits per heavy atom. The predicted molar refractivity (Wildman–Crippen MR) is 518 cm³/mol. The summed E-state index contributed by atoms with van der Waals surface area (Å²) in [6.07, 6.45) is 43.7. The molecule has 13 heterocycles. The minimum absolute atomic E-state index is 0.143. The molecule has 686 valence electrons. The lowest BCUT2D eigenvalue weighted by atomic mass is 9.80. The van der Waals surface area contributed by atoms with Gasteiger partial charge in [0, 0.05) is 154 Å². The largest absolute Gasteiger partial charge is 0.488 e. The molecule has 4 aliphatic rings. The van der Waals surface area contributed by atoms with Gasteiger partial charge >= 0.3 is 24.9 Å². The molecule has 0 unspecified atom stereocenters. The number of pyridine rings is 5. The third-order valence-corrected chi connectivity index (χ3v) is 27.1. The maximum Gasteiger partial charge on any atom is 0.488 e. The summed E-state index contributed by atoms with van der Waals surface area (Å²) in [5.74, 6) is 5.12. The second-order valence-corrected chi connectivity index (χ2v) is 36.9. The fraction of sp³-hybridized carbons (Fsp3) is 0.387. The van der Waals surface area contributed by atoms with Gasteiger partial charge in [0.05, 0.1) is 90.7 Å². The Balaban J connectivity index is 0.000000124. The summed E-state index contributed by atoms with van der Waals surface area (Å²) in [7, 11) is -1.47. The lowest BCUT2D eigenvalue weighted by molar-refractivity contribution is -0.389. The predicted octanol–water partition coefficient (Wildman–Crippen LogP) is 23.9. The van der Waals surface area contributed by atoms with Crippen molar-refractivity contribution >= 4 is 74.5 Å². The highest BCUT2D eigenvalue weighted by Gasteiger charge is 2.29. The molecule has 20 rings (SSSR count). The Bertz CT molecular complexity index is 6720. The van der Waals surface area contributed by atoms with Crippen molar-refractivity contribution in [2.75, 3.05) is 6.61 Å². The molecule has 0 bridgehead atoms. The Morgan fingerprint density at radius 1 is 0.398 bits per heavy atom. The molecule has 26 nitrogen and oxygen atoms in total. The molecular formula is C106H117BN14O12. The van der Waals surface area contributed by atoms with Crippen molar-refractivity contribution in [3.05, 3.63) is 232 Å². The Hall–Kier alpha value is -13.3. The minimum atomic E-state index is -1.47. The van der Waals surface area contributed by atoms with Gasteiger partial charge in [0.1, 0.15) is 29.2 Å². The Labute approximate surface area is 774 Å². The SMILES string of the molecule is CCOC(=O)c1ccc(-c2cn(CC3CCCCC3)c3cc(-c4c(C)noc4C)cnc23)cc1.Cc1noc(C)c1-c1cnc2c(-c3ccc(B(O)O)cc3)cn(CC3CCCCC3)c2c1.Cc1noc(C)c1-c1cnc2c(-c3ccc(C(=O)OC(C)C)cc3)cn(CC3CCCCC3)c2c1.Cc1noc(C)c1-c1cnc2c(-c3ccc([N+](=O)[O-])nc3)cn(CC3CCCCC3)c2c1. The molecule has 2 N–H and O–H groups in total. The zero-order valence-corrected chi connectivity index (χ0v) is 78.0. The van der Waals surface area contributed by atoms with Crippen molar-refractivity contribution in [1.29, 1.82) is 0 Å². The van der Waals surface area contributed by atoms with Gasteiger partial charge in [0.15, 0.2) is 0 Å². The van der Waals surface area contributed by atoms with Crippen molar-refractivity contribution < 1.29 is 52.1 Å². The summed E-state index contributed by atoms with van der Waals surface area (Å²) in [4.78, 5) is 58.4. The number of carbonyl (C=O) groups excluding carboxylic acids is 2. The average molecular weight is 1790 g/mol. The lowest BCUT2D eigenvalue weighted by Gasteiger charge is -2.22. The molecule has 27 heteroatoms. The third kappa shape index (κ3) is 20.4. The fourth-order valence-corrected chi connectivity index (χ4v) is 20.4. The number of ether oxygens (including phenoxy) is 2. The summed E-state index contributed by atoms with van der Waals surface area (Å²) >= 11 is 0. The number of nitrogens with zero attached hydrogens (tertiary/aromatic N) is 14. The van der Waals surface area contributed by atoms with Crippen LogP contribution in [0.25, 0.3) is 133 Å². The summed E-state index contributed by atoms with van der Waals surface area (Å²) in [5, 5.41) is 46.3. The minimum Gasteiger partial charge on any atom is -0.462 e. The van der Waals surface area contributed by atoms with Crippen LogP contribution in [-0.4, -0.2) is 111 Å². The van der Waals surface area contributed by atoms with E-state index in [0.717, 1.165) is 205 Å². The van der Waals surface area contributed by atoms with Crippen molar-refractivity contribution in [1.82, 2.24) is 63.8 Å². The summed E-state index contributed by atoms with van der Waals surface area (Å²) in [6, 6.07) is 34.6. The van der Waals surface area contributed by atoms with E-state index in [4.69, 9.17) is 47.5 Å². The van der Waals surface area contributed by atoms with Gasteiger partial charge in [0.25, 0.3) is 0 Å². The van der Waals surface area contributed by atoms with Crippen molar-refractivity contribution in [3.8, 4) is 89.0 Å². The molecule has 0 saturated heterocycles. The molecule has 0 aliphatic heterocycles. The van der Waals surface area contributed by atoms with Crippen LogP contribution in [0.3, 0.4) is 0 Å². The number of aryl methyl sites for hydroxylation is 8. The quantitative estimate of drug-likeness (QED) is 0.0275. The molecule has 133 heavy (non-hydrogen) atoms. The molecule has 0 atom stereocenters. The monoisotopic (exact) mass is 1790 g/mol. The van der Waals surface area contributed by atoms with Crippen LogP contribution in [0.4, 0.5) is 5.82 Å². The van der Waals surface area contributed by atoms with Gasteiger partial charge in [-0.05, 0) is 238 Å². The molecule has 4 fully saturated rings. The van der Waals surface area contributed by atoms with Crippen LogP contribution < -0.4 is 5.46 Å². The van der Waals surface area contributed by atoms with Crippen molar-refractivity contribution in [2.24, 2.45) is 23.7 Å². The van der Waals surface area contributed by atoms with Crippen LogP contribution in [0.5, 0.6) is 0 Å². The maximum absolute atomic E-state index is 12.3. The van der Waals surface area contributed by atoms with E-state index in [-0.39, 0.29) is 23.9 Å². The van der Waals surface area contributed by atoms with Crippen LogP contribution in [0, 0.1) is 89.2 Å². The highest BCUT2D eigenvalue weighted by molar-refractivity contribution is 6.58. The van der Waals surface area contributed by atoms with Crippen molar-refractivity contribution in [3.63, 3.8) is 0 Å². The van der Waals surface area contributed by atoms with Gasteiger partial charge in [-0.1, -0.05) is 146 Å². The van der Waals surface area contributed by atoms with Gasteiger partial charge in [-0.2, -0.15) is 0 Å². The highest BCUT2D eigenvalue weighted by Crippen LogP contribution is 2.43. The van der Waals surface area contributed by atoms with Gasteiger partial charge in [-0.3, -0.25) is 19.9 Å². The van der Waals surface area contributed by atoms with Crippen LogP contribution in [0.2, 0.25) is 0 Å². The van der Waals surface area contributed by atoms with Gasteiger partial charge in [-0.25, -0.2) is 9.59 Å². The van der Waals surface area contributed by atoms with Gasteiger partial charge < -0.3 is 66.0 Å². The molecule has 3 aromatic carbocycles. The topological polar surface area (TPSA) is 324 Å². The Kier molecular flexibility index (Phi) is 28.1. The summed E-state index contributed by atoms with van der Waals surface area (Å²) in [5.41, 5.74) is 29.3. The second-order valence-electron chi connectivity index (χ2n) is 36.9. The molecule has 0 radical (unpaired) electrons. The molecule has 0 spiro atoms. The number of carbonyl (C=O) groups is 2. The van der Waals surface area contributed by atoms with Crippen LogP contribution in [-0.2, 0) is 35.7 Å². The molecule has 16 aromatic rings. The zero-order chi connectivity index (χ0) is 92.7. The first-order chi connectivity index (χ1) is 64.5. The van der Waals surface area contributed by atoms with Crippen LogP contribution >= 0.6 is 0 Å². The van der Waals surface area contributed by atoms with Crippen LogP contribution in [0.1, 0.15) is 216 Å². The molecular weight excluding hydrogens is 1670 g/mol. The van der Waals surface area contributed by atoms with E-state index in [1.54, 1.807) is 24.4 Å². The summed E-state index contributed by atoms with van der Waals surface area (Å²) in [6.45, 7) is 25.3. The van der Waals surface area contributed by atoms with E-state index in [1.807, 2.05) is 162 Å². The van der Waals surface area contributed by atoms with Crippen LogP contribution in [0.15, 0.2) is 183 Å². The van der Waals surface area contributed by atoms with E-state index in [9.17, 15) is 29.8 Å².